The molecule has 2 aromatic heterocycles. The van der Waals surface area contributed by atoms with E-state index in [9.17, 15) is 23.5 Å². The fraction of sp³-hybridized carbons (Fsp3) is 0.531. The van der Waals surface area contributed by atoms with Crippen molar-refractivity contribution in [2.75, 3.05) is 6.01 Å². The number of halogens is 2. The molecule has 44 heavy (non-hydrogen) atoms. The first-order valence-electron chi connectivity index (χ1n) is 15.1. The van der Waals surface area contributed by atoms with Crippen molar-refractivity contribution in [2.45, 2.75) is 64.1 Å². The number of aromatic nitrogens is 5. The average Bonchev–Trinajstić information content (AvgIpc) is 3.67. The predicted molar refractivity (Wildman–Crippen MR) is 159 cm³/mol. The number of rotatable bonds is 5. The van der Waals surface area contributed by atoms with Crippen molar-refractivity contribution >= 4 is 28.9 Å². The van der Waals surface area contributed by atoms with Gasteiger partial charge in [0.05, 0.1) is 29.9 Å². The first kappa shape index (κ1) is 29.3. The number of carbonyl (C=O) groups excluding carboxylic acids is 2. The molecule has 0 bridgehead atoms. The van der Waals surface area contributed by atoms with Crippen LogP contribution in [0, 0.1) is 34.4 Å². The summed E-state index contributed by atoms with van der Waals surface area (Å²) in [5.41, 5.74) is 1.22. The van der Waals surface area contributed by atoms with E-state index in [1.54, 1.807) is 19.2 Å². The number of carbonyl (C=O) groups is 2. The van der Waals surface area contributed by atoms with Gasteiger partial charge in [0.1, 0.15) is 11.8 Å². The van der Waals surface area contributed by atoms with Crippen molar-refractivity contribution < 1.29 is 28.2 Å². The lowest BCUT2D eigenvalue weighted by Gasteiger charge is -2.60. The number of allylic oxidation sites excluding steroid dienone is 1. The van der Waals surface area contributed by atoms with Gasteiger partial charge in [-0.3, -0.25) is 9.48 Å². The summed E-state index contributed by atoms with van der Waals surface area (Å²) in [6, 6.07) is 5.34. The van der Waals surface area contributed by atoms with E-state index < -0.39 is 34.2 Å². The minimum atomic E-state index is -1.60. The summed E-state index contributed by atoms with van der Waals surface area (Å²) >= 11 is 0.521. The van der Waals surface area contributed by atoms with E-state index in [1.807, 2.05) is 17.8 Å². The molecule has 4 aliphatic carbocycles. The van der Waals surface area contributed by atoms with Gasteiger partial charge in [-0.2, -0.15) is 5.10 Å². The fourth-order valence-corrected chi connectivity index (χ4v) is 10.0. The number of aliphatic hydroxyl groups excluding tert-OH is 1. The Bertz CT molecular complexity index is 1670. The van der Waals surface area contributed by atoms with Gasteiger partial charge in [0, 0.05) is 12.5 Å². The molecular formula is C32H35F2N5O4S. The van der Waals surface area contributed by atoms with Crippen LogP contribution in [0.25, 0.3) is 11.8 Å². The molecule has 0 saturated heterocycles. The Balaban J connectivity index is 1.23. The molecule has 7 rings (SSSR count). The third-order valence-electron chi connectivity index (χ3n) is 11.2. The third-order valence-corrected chi connectivity index (χ3v) is 11.9. The summed E-state index contributed by atoms with van der Waals surface area (Å²) in [7, 11) is 1.63. The topological polar surface area (TPSA) is 112 Å². The number of ether oxygens (including phenoxy) is 1. The van der Waals surface area contributed by atoms with E-state index in [0.717, 1.165) is 29.8 Å². The van der Waals surface area contributed by atoms with Gasteiger partial charge in [-0.15, -0.1) is 5.10 Å². The summed E-state index contributed by atoms with van der Waals surface area (Å²) in [5, 5.41) is 23.8. The second kappa shape index (κ2) is 10.3. The normalized spacial score (nSPS) is 33.9. The molecule has 3 fully saturated rings. The Labute approximate surface area is 258 Å². The van der Waals surface area contributed by atoms with Crippen LogP contribution in [-0.2, 0) is 23.0 Å². The number of esters is 1. The summed E-state index contributed by atoms with van der Waals surface area (Å²) in [6.45, 7) is 4.16. The van der Waals surface area contributed by atoms with E-state index in [2.05, 4.69) is 28.4 Å². The molecule has 0 amide bonds. The molecule has 4 aliphatic rings. The molecule has 2 heterocycles. The Morgan fingerprint density at radius 1 is 1.20 bits per heavy atom. The van der Waals surface area contributed by atoms with Crippen molar-refractivity contribution in [1.29, 1.82) is 0 Å². The molecule has 0 spiro atoms. The van der Waals surface area contributed by atoms with E-state index in [0.29, 0.717) is 24.6 Å². The van der Waals surface area contributed by atoms with Crippen LogP contribution in [0.3, 0.4) is 0 Å². The van der Waals surface area contributed by atoms with Gasteiger partial charge in [0.2, 0.25) is 5.12 Å². The fourth-order valence-electron chi connectivity index (χ4n) is 9.32. The van der Waals surface area contributed by atoms with E-state index in [-0.39, 0.29) is 47.5 Å². The van der Waals surface area contributed by atoms with Crippen LogP contribution in [-0.4, -0.2) is 58.7 Å². The van der Waals surface area contributed by atoms with Gasteiger partial charge >= 0.3 is 5.97 Å². The van der Waals surface area contributed by atoms with Gasteiger partial charge in [-0.1, -0.05) is 24.6 Å². The van der Waals surface area contributed by atoms with Crippen LogP contribution < -0.4 is 0 Å². The molecule has 1 N–H and O–H groups in total. The summed E-state index contributed by atoms with van der Waals surface area (Å²) < 4.78 is 36.5. The van der Waals surface area contributed by atoms with Crippen molar-refractivity contribution in [1.82, 2.24) is 24.8 Å². The van der Waals surface area contributed by atoms with Crippen LogP contribution in [0.4, 0.5) is 8.78 Å². The van der Waals surface area contributed by atoms with Gasteiger partial charge < -0.3 is 9.84 Å². The first-order valence-corrected chi connectivity index (χ1v) is 16.0. The van der Waals surface area contributed by atoms with E-state index in [4.69, 9.17) is 4.74 Å². The highest BCUT2D eigenvalue weighted by Crippen LogP contribution is 2.69. The Morgan fingerprint density at radius 2 is 1.98 bits per heavy atom. The van der Waals surface area contributed by atoms with Gasteiger partial charge in [-0.05, 0) is 109 Å². The second-order valence-electron chi connectivity index (χ2n) is 13.3. The third kappa shape index (κ3) is 4.16. The maximum Gasteiger partial charge on any atom is 0.361 e. The molecule has 1 aromatic carbocycles. The highest BCUT2D eigenvalue weighted by atomic mass is 32.2. The lowest BCUT2D eigenvalue weighted by Crippen LogP contribution is -2.62. The zero-order valence-corrected chi connectivity index (χ0v) is 25.7. The molecule has 0 radical (unpaired) electrons. The number of benzene rings is 1. The van der Waals surface area contributed by atoms with Crippen LogP contribution >= 0.6 is 11.8 Å². The Hall–Kier alpha value is -3.38. The number of alkyl halides is 1. The number of hydrogen-bond acceptors (Lipinski definition) is 8. The molecule has 9 nitrogen and oxygen atoms in total. The average molecular weight is 624 g/mol. The molecular weight excluding hydrogens is 588 g/mol. The van der Waals surface area contributed by atoms with Crippen LogP contribution in [0.5, 0.6) is 0 Å². The number of aryl methyl sites for hydroxylation is 1. The lowest BCUT2D eigenvalue weighted by molar-refractivity contribution is -0.174. The number of nitrogens with zero attached hydrogens (tertiary/aromatic N) is 5. The number of aliphatic hydroxyl groups is 1. The molecule has 0 aliphatic heterocycles. The number of fused-ring (bicyclic) bond motifs is 6. The van der Waals surface area contributed by atoms with Crippen molar-refractivity contribution in [3.05, 3.63) is 65.0 Å². The van der Waals surface area contributed by atoms with Crippen LogP contribution in [0.2, 0.25) is 0 Å². The zero-order chi connectivity index (χ0) is 31.0. The first-order chi connectivity index (χ1) is 21.0. The van der Waals surface area contributed by atoms with E-state index >= 15 is 0 Å². The maximum absolute atomic E-state index is 13.7. The van der Waals surface area contributed by atoms with Crippen molar-refractivity contribution in [3.63, 3.8) is 0 Å². The van der Waals surface area contributed by atoms with Crippen LogP contribution in [0.15, 0.2) is 42.2 Å². The summed E-state index contributed by atoms with van der Waals surface area (Å²) in [4.78, 5) is 27.0. The standard InChI is InChI=1S/C32H35F2N5O4S/c1-30-13-18-15-35-39(21-7-5-20(34)6-8-21)25(18)12-19(30)4-9-22-23-10-11-32(29(42)44-17-33,31(23,2)14-26(40)27(22)30)43-28(41)24-16-38(3)37-36-24/h5-8,12,15-16,22-23,26-27,40H,4,9-11,13-14,17H2,1-3H3/t22-,23-,26-,27+,30-,31-,32-/m0/s1. The minimum absolute atomic E-state index is 0.0172. The smallest absolute Gasteiger partial charge is 0.361 e. The lowest BCUT2D eigenvalue weighted by atomic mass is 9.45. The highest BCUT2D eigenvalue weighted by Gasteiger charge is 2.70. The second-order valence-corrected chi connectivity index (χ2v) is 14.2. The number of hydrogen-bond donors (Lipinski definition) is 1. The highest BCUT2D eigenvalue weighted by molar-refractivity contribution is 8.13. The van der Waals surface area contributed by atoms with Gasteiger partial charge in [-0.25, -0.2) is 18.3 Å². The van der Waals surface area contributed by atoms with Crippen LogP contribution in [0.1, 0.15) is 67.7 Å². The number of thioether (sulfide) groups is 1. The van der Waals surface area contributed by atoms with Crippen molar-refractivity contribution in [2.24, 2.45) is 35.6 Å². The Morgan fingerprint density at radius 3 is 2.68 bits per heavy atom. The summed E-state index contributed by atoms with van der Waals surface area (Å²) in [5.74, 6) is -1.11. The maximum atomic E-state index is 13.7. The summed E-state index contributed by atoms with van der Waals surface area (Å²) in [6.07, 6.45) is 8.14. The molecule has 12 heteroatoms. The molecule has 3 aromatic rings. The van der Waals surface area contributed by atoms with Crippen molar-refractivity contribution in [3.8, 4) is 5.69 Å². The molecule has 7 atom stereocenters. The van der Waals surface area contributed by atoms with Gasteiger partial charge in [0.25, 0.3) is 0 Å². The largest absolute Gasteiger partial charge is 0.445 e. The van der Waals surface area contributed by atoms with E-state index in [1.165, 1.54) is 28.6 Å². The zero-order valence-electron chi connectivity index (χ0n) is 24.9. The molecule has 3 saturated carbocycles. The predicted octanol–water partition coefficient (Wildman–Crippen LogP) is 5.08. The monoisotopic (exact) mass is 623 g/mol. The Kier molecular flexibility index (Phi) is 6.89. The van der Waals surface area contributed by atoms with Gasteiger partial charge in [0.15, 0.2) is 11.3 Å². The molecule has 0 unspecified atom stereocenters. The minimum Gasteiger partial charge on any atom is -0.445 e. The molecule has 232 valence electrons. The quantitative estimate of drug-likeness (QED) is 0.392. The SMILES string of the molecule is Cn1cc(C(=O)O[C@]2(C(=O)SCF)CC[C@H]3[C@@H]4CCC5=Cc6c(cnn6-c6ccc(F)cc6)C[C@]5(C)[C@H]4[C@@H](O)C[C@@]32C)nn1.